The summed E-state index contributed by atoms with van der Waals surface area (Å²) in [6.07, 6.45) is 15.2. The van der Waals surface area contributed by atoms with Gasteiger partial charge in [0, 0.05) is 0 Å². The molecule has 0 N–H and O–H groups in total. The zero-order valence-corrected chi connectivity index (χ0v) is 18.3. The van der Waals surface area contributed by atoms with Crippen molar-refractivity contribution in [1.82, 2.24) is 4.90 Å². The van der Waals surface area contributed by atoms with E-state index in [-0.39, 0.29) is 5.41 Å². The van der Waals surface area contributed by atoms with E-state index in [1.165, 1.54) is 95.8 Å². The molecule has 1 aliphatic heterocycles. The molecule has 1 fully saturated rings. The Hall–Kier alpha value is -1.02. The second-order valence-corrected chi connectivity index (χ2v) is 9.35. The van der Waals surface area contributed by atoms with Crippen LogP contribution < -0.4 is 4.74 Å². The highest BCUT2D eigenvalue weighted by Crippen LogP contribution is 2.24. The van der Waals surface area contributed by atoms with Gasteiger partial charge in [-0.25, -0.2) is 0 Å². The minimum Gasteiger partial charge on any atom is -0.494 e. The topological polar surface area (TPSA) is 12.5 Å². The maximum Gasteiger partial charge on any atom is 0.119 e. The average Bonchev–Trinajstić information content (AvgIpc) is 2.61. The number of nitrogens with zero attached hydrogens (tertiary/aromatic N) is 1. The summed E-state index contributed by atoms with van der Waals surface area (Å²) in [6, 6.07) is 8.62. The molecule has 0 spiro atoms. The summed E-state index contributed by atoms with van der Waals surface area (Å²) >= 11 is 0. The van der Waals surface area contributed by atoms with E-state index in [2.05, 4.69) is 49.9 Å². The molecule has 1 aliphatic rings. The molecule has 0 unspecified atom stereocenters. The molecule has 2 nitrogen and oxygen atoms in total. The highest BCUT2D eigenvalue weighted by Gasteiger charge is 2.12. The van der Waals surface area contributed by atoms with Gasteiger partial charge in [-0.1, -0.05) is 77.8 Å². The third-order valence-corrected chi connectivity index (χ3v) is 5.81. The first-order valence-corrected chi connectivity index (χ1v) is 11.5. The number of benzene rings is 1. The van der Waals surface area contributed by atoms with Gasteiger partial charge >= 0.3 is 0 Å². The Bertz CT molecular complexity index is 480. The predicted octanol–water partition coefficient (Wildman–Crippen LogP) is 6.97. The van der Waals surface area contributed by atoms with Gasteiger partial charge in [-0.15, -0.1) is 0 Å². The SMILES string of the molecule is CC(C)(C)c1ccc(OCCCCCCCCN2CCCCCCC2)cc1. The Morgan fingerprint density at radius 2 is 1.30 bits per heavy atom. The molecule has 0 aromatic heterocycles. The van der Waals surface area contributed by atoms with Gasteiger partial charge < -0.3 is 9.64 Å². The first-order chi connectivity index (χ1) is 13.1. The number of hydrogen-bond donors (Lipinski definition) is 0. The Morgan fingerprint density at radius 1 is 0.741 bits per heavy atom. The van der Waals surface area contributed by atoms with Crippen LogP contribution in [0.1, 0.15) is 97.0 Å². The molecule has 0 bridgehead atoms. The number of likely N-dealkylation sites (tertiary alicyclic amines) is 1. The molecule has 1 aromatic rings. The maximum absolute atomic E-state index is 5.90. The lowest BCUT2D eigenvalue weighted by molar-refractivity contribution is 0.242. The Kier molecular flexibility index (Phi) is 10.3. The molecule has 2 rings (SSSR count). The van der Waals surface area contributed by atoms with Gasteiger partial charge in [0.1, 0.15) is 5.75 Å². The first-order valence-electron chi connectivity index (χ1n) is 11.5. The van der Waals surface area contributed by atoms with Gasteiger partial charge in [0.05, 0.1) is 6.61 Å². The van der Waals surface area contributed by atoms with Crippen molar-refractivity contribution in [2.24, 2.45) is 0 Å². The van der Waals surface area contributed by atoms with Gasteiger partial charge in [-0.3, -0.25) is 0 Å². The van der Waals surface area contributed by atoms with Crippen LogP contribution in [0.25, 0.3) is 0 Å². The van der Waals surface area contributed by atoms with E-state index >= 15 is 0 Å². The summed E-state index contributed by atoms with van der Waals surface area (Å²) in [6.45, 7) is 11.6. The van der Waals surface area contributed by atoms with Crippen LogP contribution >= 0.6 is 0 Å². The molecule has 0 atom stereocenters. The maximum atomic E-state index is 5.90. The van der Waals surface area contributed by atoms with E-state index in [1.807, 2.05) is 0 Å². The minimum atomic E-state index is 0.213. The normalized spacial score (nSPS) is 16.7. The quantitative estimate of drug-likeness (QED) is 0.411. The van der Waals surface area contributed by atoms with E-state index in [4.69, 9.17) is 4.74 Å². The Labute approximate surface area is 168 Å². The lowest BCUT2D eigenvalue weighted by Gasteiger charge is -2.24. The van der Waals surface area contributed by atoms with Crippen LogP contribution in [0, 0.1) is 0 Å². The van der Waals surface area contributed by atoms with Crippen molar-refractivity contribution in [3.8, 4) is 5.75 Å². The number of unbranched alkanes of at least 4 members (excludes halogenated alkanes) is 5. The summed E-state index contributed by atoms with van der Waals surface area (Å²) < 4.78 is 5.90. The fourth-order valence-corrected chi connectivity index (χ4v) is 3.92. The van der Waals surface area contributed by atoms with Gasteiger partial charge in [-0.2, -0.15) is 0 Å². The van der Waals surface area contributed by atoms with E-state index in [0.717, 1.165) is 12.4 Å². The monoisotopic (exact) mass is 373 g/mol. The standard InChI is InChI=1S/C25H43NO/c1-25(2,3)23-15-17-24(18-16-23)27-22-14-10-5-4-7-11-19-26-20-12-8-6-9-13-21-26/h15-18H,4-14,19-22H2,1-3H3. The predicted molar refractivity (Wildman–Crippen MR) is 118 cm³/mol. The molecule has 1 aromatic carbocycles. The zero-order valence-electron chi connectivity index (χ0n) is 18.3. The first kappa shape index (κ1) is 22.3. The minimum absolute atomic E-state index is 0.213. The molecule has 1 saturated heterocycles. The second-order valence-electron chi connectivity index (χ2n) is 9.35. The average molecular weight is 374 g/mol. The smallest absolute Gasteiger partial charge is 0.119 e. The van der Waals surface area contributed by atoms with E-state index in [0.29, 0.717) is 0 Å². The highest BCUT2D eigenvalue weighted by atomic mass is 16.5. The van der Waals surface area contributed by atoms with Crippen LogP contribution in [0.3, 0.4) is 0 Å². The van der Waals surface area contributed by atoms with Crippen molar-refractivity contribution < 1.29 is 4.74 Å². The van der Waals surface area contributed by atoms with Crippen molar-refractivity contribution in [2.45, 2.75) is 96.8 Å². The van der Waals surface area contributed by atoms with Gasteiger partial charge in [-0.05, 0) is 68.4 Å². The lowest BCUT2D eigenvalue weighted by atomic mass is 9.87. The van der Waals surface area contributed by atoms with Gasteiger partial charge in [0.25, 0.3) is 0 Å². The molecule has 0 aliphatic carbocycles. The zero-order chi connectivity index (χ0) is 19.4. The van der Waals surface area contributed by atoms with Crippen LogP contribution in [-0.2, 0) is 5.41 Å². The third kappa shape index (κ3) is 9.65. The summed E-state index contributed by atoms with van der Waals surface area (Å²) in [5.74, 6) is 1.01. The van der Waals surface area contributed by atoms with Crippen LogP contribution in [-0.4, -0.2) is 31.1 Å². The molecule has 154 valence electrons. The molecular formula is C25H43NO. The van der Waals surface area contributed by atoms with Crippen molar-refractivity contribution >= 4 is 0 Å². The van der Waals surface area contributed by atoms with Crippen molar-refractivity contribution in [2.75, 3.05) is 26.2 Å². The van der Waals surface area contributed by atoms with Gasteiger partial charge in [0.15, 0.2) is 0 Å². The van der Waals surface area contributed by atoms with Crippen LogP contribution in [0.2, 0.25) is 0 Å². The molecule has 0 amide bonds. The van der Waals surface area contributed by atoms with Crippen molar-refractivity contribution in [3.63, 3.8) is 0 Å². The second kappa shape index (κ2) is 12.4. The van der Waals surface area contributed by atoms with Crippen LogP contribution in [0.4, 0.5) is 0 Å². The van der Waals surface area contributed by atoms with Crippen LogP contribution in [0.15, 0.2) is 24.3 Å². The lowest BCUT2D eigenvalue weighted by Crippen LogP contribution is -2.28. The number of hydrogen-bond acceptors (Lipinski definition) is 2. The van der Waals surface area contributed by atoms with Gasteiger partial charge in [0.2, 0.25) is 0 Å². The van der Waals surface area contributed by atoms with Crippen molar-refractivity contribution in [3.05, 3.63) is 29.8 Å². The summed E-state index contributed by atoms with van der Waals surface area (Å²) in [7, 11) is 0. The van der Waals surface area contributed by atoms with Crippen LogP contribution in [0.5, 0.6) is 5.75 Å². The number of rotatable bonds is 10. The third-order valence-electron chi connectivity index (χ3n) is 5.81. The summed E-state index contributed by atoms with van der Waals surface area (Å²) in [5, 5.41) is 0. The van der Waals surface area contributed by atoms with E-state index in [9.17, 15) is 0 Å². The number of ether oxygens (including phenoxy) is 1. The van der Waals surface area contributed by atoms with Crippen molar-refractivity contribution in [1.29, 1.82) is 0 Å². The fraction of sp³-hybridized carbons (Fsp3) is 0.760. The molecule has 0 radical (unpaired) electrons. The summed E-state index contributed by atoms with van der Waals surface area (Å²) in [5.41, 5.74) is 1.58. The largest absolute Gasteiger partial charge is 0.494 e. The van der Waals surface area contributed by atoms with E-state index < -0.39 is 0 Å². The highest BCUT2D eigenvalue weighted by molar-refractivity contribution is 5.31. The molecule has 0 saturated carbocycles. The molecular weight excluding hydrogens is 330 g/mol. The summed E-state index contributed by atoms with van der Waals surface area (Å²) in [4.78, 5) is 2.71. The molecule has 1 heterocycles. The Balaban J connectivity index is 1.44. The molecule has 27 heavy (non-hydrogen) atoms. The Morgan fingerprint density at radius 3 is 1.93 bits per heavy atom. The fourth-order valence-electron chi connectivity index (χ4n) is 3.92. The van der Waals surface area contributed by atoms with E-state index in [1.54, 1.807) is 0 Å². The molecule has 2 heteroatoms.